The molecule has 3 saturated heterocycles. The Morgan fingerprint density at radius 3 is 2.44 bits per heavy atom. The molecule has 4 heteroatoms. The van der Waals surface area contributed by atoms with E-state index in [1.54, 1.807) is 0 Å². The first-order chi connectivity index (χ1) is 7.79. The van der Waals surface area contributed by atoms with Crippen LogP contribution in [0.2, 0.25) is 0 Å². The number of fused-ring (bicyclic) bond motifs is 2. The highest BCUT2D eigenvalue weighted by atomic mass is 16.5. The van der Waals surface area contributed by atoms with Gasteiger partial charge < -0.3 is 15.0 Å². The number of likely N-dealkylation sites (N-methyl/N-ethyl adjacent to an activating group) is 1. The fraction of sp³-hybridized carbons (Fsp3) is 1.00. The molecule has 92 valence electrons. The highest BCUT2D eigenvalue weighted by Crippen LogP contribution is 2.33. The van der Waals surface area contributed by atoms with Crippen LogP contribution >= 0.6 is 0 Å². The van der Waals surface area contributed by atoms with Gasteiger partial charge in [-0.3, -0.25) is 4.90 Å². The molecule has 0 aromatic rings. The first-order valence-corrected chi connectivity index (χ1v) is 6.49. The Bertz CT molecular complexity index is 247. The molecule has 16 heavy (non-hydrogen) atoms. The molecular weight excluding hydrogens is 202 g/mol. The minimum atomic E-state index is 0.395. The van der Waals surface area contributed by atoms with Crippen LogP contribution in [0.4, 0.5) is 0 Å². The highest BCUT2D eigenvalue weighted by Gasteiger charge is 2.45. The van der Waals surface area contributed by atoms with Crippen LogP contribution in [0.25, 0.3) is 0 Å². The summed E-state index contributed by atoms with van der Waals surface area (Å²) in [5.74, 6) is 0. The molecule has 0 spiro atoms. The fourth-order valence-corrected chi connectivity index (χ4v) is 3.87. The Labute approximate surface area is 97.9 Å². The maximum absolute atomic E-state index is 5.61. The van der Waals surface area contributed by atoms with Crippen molar-refractivity contribution in [3.63, 3.8) is 0 Å². The zero-order chi connectivity index (χ0) is 11.1. The maximum atomic E-state index is 5.61. The second-order valence-corrected chi connectivity index (χ2v) is 5.55. The number of nitrogens with zero attached hydrogens (tertiary/aromatic N) is 2. The van der Waals surface area contributed by atoms with Crippen molar-refractivity contribution < 1.29 is 4.74 Å². The van der Waals surface area contributed by atoms with E-state index in [2.05, 4.69) is 22.2 Å². The molecule has 4 atom stereocenters. The quantitative estimate of drug-likeness (QED) is 0.701. The molecule has 0 aliphatic carbocycles. The molecule has 0 amide bonds. The Kier molecular flexibility index (Phi) is 2.92. The zero-order valence-electron chi connectivity index (χ0n) is 10.4. The average Bonchev–Trinajstić information content (AvgIpc) is 2.81. The molecule has 0 aromatic heterocycles. The molecule has 0 saturated carbocycles. The SMILES string of the molecule is COC1CNCC1N1C2CCC1CN(C)C2. The fourth-order valence-electron chi connectivity index (χ4n) is 3.87. The lowest BCUT2D eigenvalue weighted by Gasteiger charge is -2.44. The van der Waals surface area contributed by atoms with E-state index in [4.69, 9.17) is 4.74 Å². The van der Waals surface area contributed by atoms with Gasteiger partial charge in [0.05, 0.1) is 12.1 Å². The summed E-state index contributed by atoms with van der Waals surface area (Å²) in [7, 11) is 4.10. The van der Waals surface area contributed by atoms with Crippen LogP contribution < -0.4 is 5.32 Å². The van der Waals surface area contributed by atoms with E-state index >= 15 is 0 Å². The van der Waals surface area contributed by atoms with Gasteiger partial charge >= 0.3 is 0 Å². The molecule has 4 nitrogen and oxygen atoms in total. The van der Waals surface area contributed by atoms with Gasteiger partial charge in [0.1, 0.15) is 0 Å². The smallest absolute Gasteiger partial charge is 0.0863 e. The van der Waals surface area contributed by atoms with Gasteiger partial charge in [-0.05, 0) is 19.9 Å². The molecular formula is C12H23N3O. The third kappa shape index (κ3) is 1.68. The predicted molar refractivity (Wildman–Crippen MR) is 63.6 cm³/mol. The van der Waals surface area contributed by atoms with Crippen molar-refractivity contribution in [3.8, 4) is 0 Å². The van der Waals surface area contributed by atoms with E-state index in [9.17, 15) is 0 Å². The van der Waals surface area contributed by atoms with Crippen LogP contribution in [-0.2, 0) is 4.74 Å². The summed E-state index contributed by atoms with van der Waals surface area (Å²) in [5, 5.41) is 3.47. The van der Waals surface area contributed by atoms with Gasteiger partial charge in [-0.1, -0.05) is 0 Å². The van der Waals surface area contributed by atoms with Gasteiger partial charge in [-0.25, -0.2) is 0 Å². The largest absolute Gasteiger partial charge is 0.378 e. The molecule has 1 N–H and O–H groups in total. The standard InChI is InChI=1S/C12H23N3O/c1-14-7-9-3-4-10(8-14)15(9)11-5-13-6-12(11)16-2/h9-13H,3-8H2,1-2H3. The second-order valence-electron chi connectivity index (χ2n) is 5.55. The summed E-state index contributed by atoms with van der Waals surface area (Å²) >= 11 is 0. The first-order valence-electron chi connectivity index (χ1n) is 6.49. The molecule has 3 fully saturated rings. The number of methoxy groups -OCH3 is 1. The minimum absolute atomic E-state index is 0.395. The first kappa shape index (κ1) is 11.0. The molecule has 3 heterocycles. The number of piperazine rings is 1. The number of nitrogens with one attached hydrogen (secondary N) is 1. The van der Waals surface area contributed by atoms with E-state index in [1.165, 1.54) is 25.9 Å². The maximum Gasteiger partial charge on any atom is 0.0863 e. The molecule has 3 rings (SSSR count). The lowest BCUT2D eigenvalue weighted by molar-refractivity contribution is -0.0112. The Hall–Kier alpha value is -0.160. The van der Waals surface area contributed by atoms with Crippen LogP contribution in [0.5, 0.6) is 0 Å². The third-order valence-corrected chi connectivity index (χ3v) is 4.54. The van der Waals surface area contributed by atoms with Crippen molar-refractivity contribution in [1.82, 2.24) is 15.1 Å². The van der Waals surface area contributed by atoms with Gasteiger partial charge in [-0.2, -0.15) is 0 Å². The number of hydrogen-bond acceptors (Lipinski definition) is 4. The summed E-state index contributed by atoms with van der Waals surface area (Å²) in [6.07, 6.45) is 3.15. The van der Waals surface area contributed by atoms with Crippen LogP contribution in [-0.4, -0.2) is 74.4 Å². The van der Waals surface area contributed by atoms with Crippen molar-refractivity contribution in [3.05, 3.63) is 0 Å². The van der Waals surface area contributed by atoms with Gasteiger partial charge in [0.25, 0.3) is 0 Å². The monoisotopic (exact) mass is 225 g/mol. The normalized spacial score (nSPS) is 45.4. The van der Waals surface area contributed by atoms with Crippen molar-refractivity contribution in [2.24, 2.45) is 0 Å². The van der Waals surface area contributed by atoms with E-state index in [0.717, 1.165) is 25.2 Å². The van der Waals surface area contributed by atoms with Crippen LogP contribution in [0.3, 0.4) is 0 Å². The van der Waals surface area contributed by atoms with Crippen molar-refractivity contribution >= 4 is 0 Å². The van der Waals surface area contributed by atoms with Crippen molar-refractivity contribution in [1.29, 1.82) is 0 Å². The molecule has 0 aromatic carbocycles. The number of likely N-dealkylation sites (tertiary alicyclic amines) is 1. The molecule has 3 aliphatic heterocycles. The number of rotatable bonds is 2. The van der Waals surface area contributed by atoms with E-state index in [-0.39, 0.29) is 0 Å². The summed E-state index contributed by atoms with van der Waals surface area (Å²) < 4.78 is 5.61. The van der Waals surface area contributed by atoms with Crippen LogP contribution in [0, 0.1) is 0 Å². The van der Waals surface area contributed by atoms with Gasteiger partial charge in [-0.15, -0.1) is 0 Å². The van der Waals surface area contributed by atoms with Gasteiger partial charge in [0.2, 0.25) is 0 Å². The van der Waals surface area contributed by atoms with Crippen LogP contribution in [0.1, 0.15) is 12.8 Å². The second kappa shape index (κ2) is 4.26. The number of ether oxygens (including phenoxy) is 1. The van der Waals surface area contributed by atoms with Crippen LogP contribution in [0.15, 0.2) is 0 Å². The van der Waals surface area contributed by atoms with Crippen molar-refractivity contribution in [2.75, 3.05) is 40.3 Å². The lowest BCUT2D eigenvalue weighted by Crippen LogP contribution is -2.59. The number of hydrogen-bond donors (Lipinski definition) is 1. The van der Waals surface area contributed by atoms with Gasteiger partial charge in [0.15, 0.2) is 0 Å². The van der Waals surface area contributed by atoms with Gasteiger partial charge in [0, 0.05) is 45.4 Å². The van der Waals surface area contributed by atoms with E-state index in [0.29, 0.717) is 12.1 Å². The third-order valence-electron chi connectivity index (χ3n) is 4.54. The zero-order valence-corrected chi connectivity index (χ0v) is 10.4. The summed E-state index contributed by atoms with van der Waals surface area (Å²) in [4.78, 5) is 5.25. The average molecular weight is 225 g/mol. The Balaban J connectivity index is 1.75. The predicted octanol–water partition coefficient (Wildman–Crippen LogP) is -0.248. The minimum Gasteiger partial charge on any atom is -0.378 e. The molecule has 2 bridgehead atoms. The summed E-state index contributed by atoms with van der Waals surface area (Å²) in [5.41, 5.74) is 0. The molecule has 4 unspecified atom stereocenters. The Morgan fingerprint density at radius 2 is 1.81 bits per heavy atom. The topological polar surface area (TPSA) is 27.7 Å². The van der Waals surface area contributed by atoms with E-state index in [1.807, 2.05) is 7.11 Å². The lowest BCUT2D eigenvalue weighted by atomic mass is 10.1. The van der Waals surface area contributed by atoms with Crippen molar-refractivity contribution in [2.45, 2.75) is 37.1 Å². The summed E-state index contributed by atoms with van der Waals surface area (Å²) in [6, 6.07) is 2.15. The molecule has 0 radical (unpaired) electrons. The van der Waals surface area contributed by atoms with E-state index < -0.39 is 0 Å². The summed E-state index contributed by atoms with van der Waals surface area (Å²) in [6.45, 7) is 4.61. The highest BCUT2D eigenvalue weighted by molar-refractivity contribution is 5.02. The molecule has 3 aliphatic rings. The Morgan fingerprint density at radius 1 is 1.12 bits per heavy atom.